The van der Waals surface area contributed by atoms with Crippen molar-refractivity contribution in [2.24, 2.45) is 0 Å². The fourth-order valence-electron chi connectivity index (χ4n) is 3.65. The molecule has 8 nitrogen and oxygen atoms in total. The summed E-state index contributed by atoms with van der Waals surface area (Å²) in [5, 5.41) is 0. The summed E-state index contributed by atoms with van der Waals surface area (Å²) in [6, 6.07) is 21.8. The van der Waals surface area contributed by atoms with Gasteiger partial charge in [0.2, 0.25) is 15.9 Å². The number of nitrogens with zero attached hydrogens (tertiary/aromatic N) is 2. The first-order valence-electron chi connectivity index (χ1n) is 11.7. The molecule has 1 atom stereocenters. The first kappa shape index (κ1) is 27.8. The number of esters is 1. The number of sulfonamides is 1. The van der Waals surface area contributed by atoms with E-state index in [1.807, 2.05) is 13.0 Å². The quantitative estimate of drug-likeness (QED) is 0.282. The van der Waals surface area contributed by atoms with E-state index in [-0.39, 0.29) is 11.5 Å². The number of aryl methyl sites for hydroxylation is 1. The van der Waals surface area contributed by atoms with Crippen molar-refractivity contribution < 1.29 is 27.5 Å². The number of carbonyl (C=O) groups is 3. The molecule has 0 N–H and O–H groups in total. The number of ether oxygens (including phenoxy) is 1. The summed E-state index contributed by atoms with van der Waals surface area (Å²) < 4.78 is 33.7. The monoisotopic (exact) mass is 522 g/mol. The van der Waals surface area contributed by atoms with Crippen LogP contribution in [0.3, 0.4) is 0 Å². The molecule has 0 spiro atoms. The maximum absolute atomic E-state index is 13.8. The second-order valence-electron chi connectivity index (χ2n) is 8.75. The maximum Gasteiger partial charge on any atom is 0.321 e. The number of ketones is 1. The third-order valence-electron chi connectivity index (χ3n) is 5.70. The third-order valence-corrected chi connectivity index (χ3v) is 7.57. The maximum atomic E-state index is 13.8. The summed E-state index contributed by atoms with van der Waals surface area (Å²) in [6.07, 6.45) is -0.446. The SMILES string of the molecule is Cc1ccc(S(=O)(=O)N(CC(=O)OCc2ccccc2)[C@@H](CC(=O)c2ccccc2)C(=O)N(C)C)cc1. The zero-order valence-corrected chi connectivity index (χ0v) is 21.9. The number of likely N-dealkylation sites (N-methyl/N-ethyl adjacent to an activating group) is 1. The van der Waals surface area contributed by atoms with Crippen molar-refractivity contribution in [1.29, 1.82) is 0 Å². The molecule has 9 heteroatoms. The molecule has 0 unspecified atom stereocenters. The van der Waals surface area contributed by atoms with Gasteiger partial charge < -0.3 is 9.64 Å². The summed E-state index contributed by atoms with van der Waals surface area (Å²) >= 11 is 0. The minimum Gasteiger partial charge on any atom is -0.460 e. The molecule has 0 aliphatic heterocycles. The number of rotatable bonds is 11. The fourth-order valence-corrected chi connectivity index (χ4v) is 5.17. The highest BCUT2D eigenvalue weighted by atomic mass is 32.2. The van der Waals surface area contributed by atoms with Gasteiger partial charge in [0.15, 0.2) is 5.78 Å². The largest absolute Gasteiger partial charge is 0.460 e. The van der Waals surface area contributed by atoms with Crippen molar-refractivity contribution in [2.75, 3.05) is 20.6 Å². The summed E-state index contributed by atoms with van der Waals surface area (Å²) in [5.41, 5.74) is 1.90. The van der Waals surface area contributed by atoms with Gasteiger partial charge in [0.25, 0.3) is 0 Å². The minimum absolute atomic E-state index is 0.0622. The van der Waals surface area contributed by atoms with Gasteiger partial charge in [-0.1, -0.05) is 78.4 Å². The lowest BCUT2D eigenvalue weighted by Crippen LogP contribution is -2.52. The first-order valence-corrected chi connectivity index (χ1v) is 13.1. The van der Waals surface area contributed by atoms with Crippen molar-refractivity contribution in [3.8, 4) is 0 Å². The zero-order valence-electron chi connectivity index (χ0n) is 21.0. The lowest BCUT2D eigenvalue weighted by molar-refractivity contribution is -0.146. The molecule has 3 aromatic carbocycles. The molecule has 1 amide bonds. The van der Waals surface area contributed by atoms with Gasteiger partial charge in [-0.3, -0.25) is 14.4 Å². The van der Waals surface area contributed by atoms with Crippen LogP contribution < -0.4 is 0 Å². The Labute approximate surface area is 217 Å². The van der Waals surface area contributed by atoms with Gasteiger partial charge >= 0.3 is 5.97 Å². The van der Waals surface area contributed by atoms with Crippen molar-refractivity contribution in [3.05, 3.63) is 102 Å². The number of amides is 1. The molecule has 0 saturated heterocycles. The highest BCUT2D eigenvalue weighted by molar-refractivity contribution is 7.89. The Balaban J connectivity index is 1.98. The molecule has 0 aliphatic rings. The molecule has 37 heavy (non-hydrogen) atoms. The predicted molar refractivity (Wildman–Crippen MR) is 139 cm³/mol. The van der Waals surface area contributed by atoms with E-state index in [0.717, 1.165) is 15.4 Å². The Morgan fingerprint density at radius 1 is 0.838 bits per heavy atom. The van der Waals surface area contributed by atoms with Crippen molar-refractivity contribution in [3.63, 3.8) is 0 Å². The van der Waals surface area contributed by atoms with Crippen LogP contribution in [0.15, 0.2) is 89.8 Å². The highest BCUT2D eigenvalue weighted by Gasteiger charge is 2.39. The average molecular weight is 523 g/mol. The molecule has 0 fully saturated rings. The fraction of sp³-hybridized carbons (Fsp3) is 0.250. The second-order valence-corrected chi connectivity index (χ2v) is 10.6. The normalized spacial score (nSPS) is 12.1. The van der Waals surface area contributed by atoms with Gasteiger partial charge in [-0.2, -0.15) is 4.31 Å². The number of benzene rings is 3. The second kappa shape index (κ2) is 12.4. The van der Waals surface area contributed by atoms with Crippen LogP contribution >= 0.6 is 0 Å². The van der Waals surface area contributed by atoms with Crippen LogP contribution in [-0.2, 0) is 31.0 Å². The van der Waals surface area contributed by atoms with Gasteiger partial charge in [0, 0.05) is 26.1 Å². The van der Waals surface area contributed by atoms with Gasteiger partial charge in [0.1, 0.15) is 19.2 Å². The molecule has 0 aromatic heterocycles. The van der Waals surface area contributed by atoms with E-state index in [1.165, 1.54) is 31.1 Å². The van der Waals surface area contributed by atoms with E-state index >= 15 is 0 Å². The van der Waals surface area contributed by atoms with Crippen LogP contribution in [0.1, 0.15) is 27.9 Å². The van der Waals surface area contributed by atoms with E-state index in [9.17, 15) is 22.8 Å². The zero-order chi connectivity index (χ0) is 27.0. The lowest BCUT2D eigenvalue weighted by Gasteiger charge is -2.31. The third kappa shape index (κ3) is 7.34. The number of hydrogen-bond donors (Lipinski definition) is 0. The molecule has 0 bridgehead atoms. The van der Waals surface area contributed by atoms with Crippen LogP contribution in [0.4, 0.5) is 0 Å². The molecule has 3 rings (SSSR count). The first-order chi connectivity index (χ1) is 17.6. The highest BCUT2D eigenvalue weighted by Crippen LogP contribution is 2.23. The van der Waals surface area contributed by atoms with E-state index in [0.29, 0.717) is 5.56 Å². The van der Waals surface area contributed by atoms with E-state index in [2.05, 4.69) is 0 Å². The molecule has 0 heterocycles. The molecular formula is C28H30N2O6S. The molecular weight excluding hydrogens is 492 g/mol. The standard InChI is InChI=1S/C28H30N2O6S/c1-21-14-16-24(17-15-21)37(34,35)30(19-27(32)36-20-22-10-6-4-7-11-22)25(28(33)29(2)3)18-26(31)23-12-8-5-9-13-23/h4-17,25H,18-20H2,1-3H3/t25-/m0/s1. The van der Waals surface area contributed by atoms with Crippen molar-refractivity contribution in [2.45, 2.75) is 30.9 Å². The van der Waals surface area contributed by atoms with Gasteiger partial charge in [0.05, 0.1) is 4.90 Å². The van der Waals surface area contributed by atoms with Crippen LogP contribution in [0.25, 0.3) is 0 Å². The van der Waals surface area contributed by atoms with Gasteiger partial charge in [-0.25, -0.2) is 8.42 Å². The summed E-state index contributed by atoms with van der Waals surface area (Å²) in [5.74, 6) is -1.90. The van der Waals surface area contributed by atoms with E-state index in [1.54, 1.807) is 66.7 Å². The Kier molecular flexibility index (Phi) is 9.32. The number of carbonyl (C=O) groups excluding carboxylic acids is 3. The Bertz CT molecular complexity index is 1320. The van der Waals surface area contributed by atoms with Crippen LogP contribution in [-0.4, -0.2) is 62.0 Å². The predicted octanol–water partition coefficient (Wildman–Crippen LogP) is 3.46. The Hall–Kier alpha value is -3.82. The molecule has 3 aromatic rings. The van der Waals surface area contributed by atoms with Crippen molar-refractivity contribution in [1.82, 2.24) is 9.21 Å². The Morgan fingerprint density at radius 2 is 1.41 bits per heavy atom. The van der Waals surface area contributed by atoms with E-state index < -0.39 is 46.7 Å². The van der Waals surface area contributed by atoms with Gasteiger partial charge in [-0.05, 0) is 24.6 Å². The summed E-state index contributed by atoms with van der Waals surface area (Å²) in [7, 11) is -1.44. The summed E-state index contributed by atoms with van der Waals surface area (Å²) in [6.45, 7) is 1.01. The molecule has 0 radical (unpaired) electrons. The molecule has 194 valence electrons. The minimum atomic E-state index is -4.37. The molecule has 0 aliphatic carbocycles. The lowest BCUT2D eigenvalue weighted by atomic mass is 10.0. The van der Waals surface area contributed by atoms with Crippen LogP contribution in [0.5, 0.6) is 0 Å². The molecule has 0 saturated carbocycles. The average Bonchev–Trinajstić information content (AvgIpc) is 2.90. The topological polar surface area (TPSA) is 101 Å². The van der Waals surface area contributed by atoms with Crippen molar-refractivity contribution >= 4 is 27.7 Å². The smallest absolute Gasteiger partial charge is 0.321 e. The van der Waals surface area contributed by atoms with E-state index in [4.69, 9.17) is 4.74 Å². The number of hydrogen-bond acceptors (Lipinski definition) is 6. The van der Waals surface area contributed by atoms with Gasteiger partial charge in [-0.15, -0.1) is 0 Å². The summed E-state index contributed by atoms with van der Waals surface area (Å²) in [4.78, 5) is 40.3. The Morgan fingerprint density at radius 3 is 1.97 bits per heavy atom. The van der Waals surface area contributed by atoms with Crippen LogP contribution in [0, 0.1) is 6.92 Å². The van der Waals surface area contributed by atoms with Crippen LogP contribution in [0.2, 0.25) is 0 Å². The number of Topliss-reactive ketones (excluding diaryl/α,β-unsaturated/α-hetero) is 1.